The van der Waals surface area contributed by atoms with Crippen LogP contribution in [0.2, 0.25) is 0 Å². The van der Waals surface area contributed by atoms with Crippen LogP contribution in [0.3, 0.4) is 0 Å². The molecule has 3 nitrogen and oxygen atoms in total. The van der Waals surface area contributed by atoms with Crippen molar-refractivity contribution in [1.29, 1.82) is 0 Å². The van der Waals surface area contributed by atoms with Gasteiger partial charge in [-0.25, -0.2) is 9.37 Å². The van der Waals surface area contributed by atoms with Crippen LogP contribution < -0.4 is 5.56 Å². The van der Waals surface area contributed by atoms with Crippen LogP contribution in [0.15, 0.2) is 23.0 Å². The van der Waals surface area contributed by atoms with Crippen molar-refractivity contribution in [2.75, 3.05) is 0 Å². The Morgan fingerprint density at radius 1 is 1.47 bits per heavy atom. The average Bonchev–Trinajstić information content (AvgIpc) is 2.17. The molecule has 1 aromatic heterocycles. The summed E-state index contributed by atoms with van der Waals surface area (Å²) in [4.78, 5) is 18.4. The van der Waals surface area contributed by atoms with Crippen LogP contribution in [-0.4, -0.2) is 9.97 Å². The molecule has 78 valence electrons. The number of nitrogens with one attached hydrogen (secondary N) is 1. The van der Waals surface area contributed by atoms with Crippen LogP contribution in [0.25, 0.3) is 10.9 Å². The lowest BCUT2D eigenvalue weighted by Gasteiger charge is -2.01. The van der Waals surface area contributed by atoms with E-state index in [1.165, 1.54) is 18.2 Å². The minimum absolute atomic E-state index is 0.205. The number of aromatic nitrogens is 2. The highest BCUT2D eigenvalue weighted by Gasteiger charge is 2.03. The fourth-order valence-electron chi connectivity index (χ4n) is 1.52. The first-order chi connectivity index (χ1) is 7.20. The largest absolute Gasteiger partial charge is 0.310 e. The summed E-state index contributed by atoms with van der Waals surface area (Å²) in [6, 6.07) is 3.99. The standard InChI is InChI=1S/C11H11FN2O/c1-2-3-10-13-9-6-7(12)4-5-8(9)11(15)14-10/h4-6H,2-3H2,1H3,(H,13,14,15). The topological polar surface area (TPSA) is 45.8 Å². The zero-order chi connectivity index (χ0) is 10.8. The molecule has 0 atom stereocenters. The molecule has 0 bridgehead atoms. The molecule has 0 saturated heterocycles. The molecule has 0 aliphatic carbocycles. The van der Waals surface area contributed by atoms with Gasteiger partial charge in [0.25, 0.3) is 5.56 Å². The lowest BCUT2D eigenvalue weighted by atomic mass is 10.2. The molecule has 0 aliphatic heterocycles. The van der Waals surface area contributed by atoms with Gasteiger partial charge in [-0.05, 0) is 18.6 Å². The van der Waals surface area contributed by atoms with E-state index in [1.54, 1.807) is 0 Å². The van der Waals surface area contributed by atoms with E-state index in [-0.39, 0.29) is 11.4 Å². The number of fused-ring (bicyclic) bond motifs is 1. The van der Waals surface area contributed by atoms with Gasteiger partial charge >= 0.3 is 0 Å². The van der Waals surface area contributed by atoms with Gasteiger partial charge in [-0.1, -0.05) is 6.92 Å². The summed E-state index contributed by atoms with van der Waals surface area (Å²) in [5, 5.41) is 0.427. The van der Waals surface area contributed by atoms with Crippen LogP contribution in [0, 0.1) is 5.82 Å². The molecule has 2 aromatic rings. The van der Waals surface area contributed by atoms with Gasteiger partial charge in [-0.3, -0.25) is 4.79 Å². The van der Waals surface area contributed by atoms with Crippen molar-refractivity contribution < 1.29 is 4.39 Å². The molecule has 0 amide bonds. The fraction of sp³-hybridized carbons (Fsp3) is 0.273. The van der Waals surface area contributed by atoms with Crippen molar-refractivity contribution in [2.24, 2.45) is 0 Å². The molecule has 2 rings (SSSR count). The van der Waals surface area contributed by atoms with Crippen LogP contribution in [-0.2, 0) is 6.42 Å². The third kappa shape index (κ3) is 1.88. The molecule has 1 aromatic carbocycles. The second-order valence-electron chi connectivity index (χ2n) is 3.42. The second-order valence-corrected chi connectivity index (χ2v) is 3.42. The third-order valence-electron chi connectivity index (χ3n) is 2.20. The summed E-state index contributed by atoms with van der Waals surface area (Å²) >= 11 is 0. The number of H-pyrrole nitrogens is 1. The highest BCUT2D eigenvalue weighted by atomic mass is 19.1. The third-order valence-corrected chi connectivity index (χ3v) is 2.20. The Morgan fingerprint density at radius 3 is 3.00 bits per heavy atom. The first-order valence-electron chi connectivity index (χ1n) is 4.89. The van der Waals surface area contributed by atoms with Crippen molar-refractivity contribution in [3.63, 3.8) is 0 Å². The van der Waals surface area contributed by atoms with E-state index in [2.05, 4.69) is 9.97 Å². The zero-order valence-corrected chi connectivity index (χ0v) is 8.38. The number of benzene rings is 1. The Bertz CT molecular complexity index is 548. The van der Waals surface area contributed by atoms with Crippen molar-refractivity contribution in [3.8, 4) is 0 Å². The summed E-state index contributed by atoms with van der Waals surface area (Å²) in [6.07, 6.45) is 1.59. The van der Waals surface area contributed by atoms with Gasteiger partial charge in [-0.15, -0.1) is 0 Å². The Balaban J connectivity index is 2.68. The number of aryl methyl sites for hydroxylation is 1. The maximum Gasteiger partial charge on any atom is 0.258 e. The van der Waals surface area contributed by atoms with Crippen molar-refractivity contribution in [3.05, 3.63) is 40.2 Å². The van der Waals surface area contributed by atoms with E-state index < -0.39 is 0 Å². The molecule has 0 spiro atoms. The van der Waals surface area contributed by atoms with Crippen LogP contribution >= 0.6 is 0 Å². The number of hydrogen-bond donors (Lipinski definition) is 1. The summed E-state index contributed by atoms with van der Waals surface area (Å²) in [7, 11) is 0. The van der Waals surface area contributed by atoms with Gasteiger partial charge < -0.3 is 4.98 Å². The number of aromatic amines is 1. The van der Waals surface area contributed by atoms with E-state index in [0.29, 0.717) is 23.1 Å². The van der Waals surface area contributed by atoms with Gasteiger partial charge in [-0.2, -0.15) is 0 Å². The maximum absolute atomic E-state index is 12.9. The molecular weight excluding hydrogens is 195 g/mol. The van der Waals surface area contributed by atoms with E-state index in [9.17, 15) is 9.18 Å². The average molecular weight is 206 g/mol. The smallest absolute Gasteiger partial charge is 0.258 e. The fourth-order valence-corrected chi connectivity index (χ4v) is 1.52. The van der Waals surface area contributed by atoms with Crippen molar-refractivity contribution in [1.82, 2.24) is 9.97 Å². The van der Waals surface area contributed by atoms with E-state index in [0.717, 1.165) is 6.42 Å². The summed E-state index contributed by atoms with van der Waals surface area (Å²) in [6.45, 7) is 2.00. The van der Waals surface area contributed by atoms with Gasteiger partial charge in [0.05, 0.1) is 10.9 Å². The number of halogens is 1. The number of rotatable bonds is 2. The minimum Gasteiger partial charge on any atom is -0.310 e. The quantitative estimate of drug-likeness (QED) is 0.817. The first-order valence-corrected chi connectivity index (χ1v) is 4.89. The lowest BCUT2D eigenvalue weighted by Crippen LogP contribution is -2.11. The molecule has 0 saturated carbocycles. The number of hydrogen-bond acceptors (Lipinski definition) is 2. The van der Waals surface area contributed by atoms with Gasteiger partial charge in [0.1, 0.15) is 11.6 Å². The molecule has 1 heterocycles. The summed E-state index contributed by atoms with van der Waals surface area (Å²) in [5.41, 5.74) is 0.214. The highest BCUT2D eigenvalue weighted by Crippen LogP contribution is 2.09. The Kier molecular flexibility index (Phi) is 2.49. The zero-order valence-electron chi connectivity index (χ0n) is 8.38. The van der Waals surface area contributed by atoms with E-state index in [1.807, 2.05) is 6.92 Å². The molecule has 0 radical (unpaired) electrons. The van der Waals surface area contributed by atoms with Gasteiger partial charge in [0, 0.05) is 12.5 Å². The van der Waals surface area contributed by atoms with E-state index in [4.69, 9.17) is 0 Å². The van der Waals surface area contributed by atoms with Gasteiger partial charge in [0.15, 0.2) is 0 Å². The molecule has 15 heavy (non-hydrogen) atoms. The summed E-state index contributed by atoms with van der Waals surface area (Å²) < 4.78 is 12.9. The molecular formula is C11H11FN2O. The second kappa shape index (κ2) is 3.81. The van der Waals surface area contributed by atoms with Crippen LogP contribution in [0.4, 0.5) is 4.39 Å². The minimum atomic E-state index is -0.372. The first kappa shape index (κ1) is 9.83. The Labute approximate surface area is 86.0 Å². The monoisotopic (exact) mass is 206 g/mol. The molecule has 0 unspecified atom stereocenters. The molecule has 4 heteroatoms. The van der Waals surface area contributed by atoms with Gasteiger partial charge in [0.2, 0.25) is 0 Å². The van der Waals surface area contributed by atoms with Crippen LogP contribution in [0.1, 0.15) is 19.2 Å². The molecule has 1 N–H and O–H groups in total. The SMILES string of the molecule is CCCc1nc2cc(F)ccc2c(=O)[nH]1. The maximum atomic E-state index is 12.9. The normalized spacial score (nSPS) is 10.8. The predicted molar refractivity (Wildman–Crippen MR) is 56.3 cm³/mol. The molecule has 0 fully saturated rings. The van der Waals surface area contributed by atoms with Crippen molar-refractivity contribution in [2.45, 2.75) is 19.8 Å². The lowest BCUT2D eigenvalue weighted by molar-refractivity contribution is 0.629. The summed E-state index contributed by atoms with van der Waals surface area (Å²) in [5.74, 6) is 0.239. The van der Waals surface area contributed by atoms with Crippen LogP contribution in [0.5, 0.6) is 0 Å². The Morgan fingerprint density at radius 2 is 2.27 bits per heavy atom. The van der Waals surface area contributed by atoms with Crippen molar-refractivity contribution >= 4 is 10.9 Å². The molecule has 0 aliphatic rings. The van der Waals surface area contributed by atoms with E-state index >= 15 is 0 Å². The predicted octanol–water partition coefficient (Wildman–Crippen LogP) is 2.01. The number of nitrogens with zero attached hydrogens (tertiary/aromatic N) is 1. The highest BCUT2D eigenvalue weighted by molar-refractivity contribution is 5.77. The Hall–Kier alpha value is -1.71.